The summed E-state index contributed by atoms with van der Waals surface area (Å²) in [5, 5.41) is 3.17. The van der Waals surface area contributed by atoms with Crippen molar-refractivity contribution in [1.82, 2.24) is 15.3 Å². The molecule has 0 spiro atoms. The van der Waals surface area contributed by atoms with Crippen LogP contribution in [-0.2, 0) is 0 Å². The molecule has 0 saturated carbocycles. The second-order valence-corrected chi connectivity index (χ2v) is 2.98. The van der Waals surface area contributed by atoms with Crippen LogP contribution in [0.4, 0.5) is 0 Å². The monoisotopic (exact) mass is 217 g/mol. The lowest BCUT2D eigenvalue weighted by atomic mass is 10.3. The first kappa shape index (κ1) is 11.0. The van der Waals surface area contributed by atoms with Crippen LogP contribution in [0.2, 0.25) is 0 Å². The molecule has 14 heavy (non-hydrogen) atoms. The molecular weight excluding hydrogens is 206 g/mol. The molecule has 1 aromatic heterocycles. The van der Waals surface area contributed by atoms with Crippen LogP contribution in [0.5, 0.6) is 5.88 Å². The molecule has 0 aromatic carbocycles. The number of aromatic amines is 1. The van der Waals surface area contributed by atoms with Gasteiger partial charge in [0.2, 0.25) is 5.88 Å². The molecule has 5 nitrogen and oxygen atoms in total. The SMILES string of the molecule is Cl.O=c1cc(OC2CCNC2)nc[nH]1. The van der Waals surface area contributed by atoms with Crippen LogP contribution < -0.4 is 15.6 Å². The molecule has 0 amide bonds. The van der Waals surface area contributed by atoms with Gasteiger partial charge >= 0.3 is 0 Å². The van der Waals surface area contributed by atoms with Crippen molar-refractivity contribution in [3.63, 3.8) is 0 Å². The zero-order valence-corrected chi connectivity index (χ0v) is 8.34. The lowest BCUT2D eigenvalue weighted by Gasteiger charge is -2.09. The lowest BCUT2D eigenvalue weighted by Crippen LogP contribution is -2.21. The van der Waals surface area contributed by atoms with Crippen molar-refractivity contribution >= 4 is 12.4 Å². The summed E-state index contributed by atoms with van der Waals surface area (Å²) in [6.07, 6.45) is 2.46. The fourth-order valence-corrected chi connectivity index (χ4v) is 1.31. The molecule has 1 fully saturated rings. The molecule has 1 aromatic rings. The summed E-state index contributed by atoms with van der Waals surface area (Å²) >= 11 is 0. The van der Waals surface area contributed by atoms with Crippen molar-refractivity contribution in [1.29, 1.82) is 0 Å². The summed E-state index contributed by atoms with van der Waals surface area (Å²) < 4.78 is 5.46. The van der Waals surface area contributed by atoms with E-state index in [-0.39, 0.29) is 24.1 Å². The van der Waals surface area contributed by atoms with Crippen LogP contribution in [0.15, 0.2) is 17.2 Å². The van der Waals surface area contributed by atoms with E-state index in [9.17, 15) is 4.79 Å². The highest BCUT2D eigenvalue weighted by Gasteiger charge is 2.16. The van der Waals surface area contributed by atoms with Gasteiger partial charge in [0.1, 0.15) is 6.10 Å². The molecule has 0 aliphatic carbocycles. The summed E-state index contributed by atoms with van der Waals surface area (Å²) in [6.45, 7) is 1.79. The van der Waals surface area contributed by atoms with Gasteiger partial charge in [0.15, 0.2) is 0 Å². The van der Waals surface area contributed by atoms with Crippen LogP contribution >= 0.6 is 12.4 Å². The molecule has 78 valence electrons. The van der Waals surface area contributed by atoms with Crippen molar-refractivity contribution < 1.29 is 4.74 Å². The van der Waals surface area contributed by atoms with Gasteiger partial charge in [-0.05, 0) is 13.0 Å². The van der Waals surface area contributed by atoms with Crippen molar-refractivity contribution in [2.45, 2.75) is 12.5 Å². The number of hydrogen-bond acceptors (Lipinski definition) is 4. The van der Waals surface area contributed by atoms with Crippen molar-refractivity contribution in [2.75, 3.05) is 13.1 Å². The third-order valence-corrected chi connectivity index (χ3v) is 1.96. The molecule has 6 heteroatoms. The van der Waals surface area contributed by atoms with E-state index in [1.165, 1.54) is 12.4 Å². The maximum absolute atomic E-state index is 10.9. The maximum atomic E-state index is 10.9. The molecule has 2 heterocycles. The third-order valence-electron chi connectivity index (χ3n) is 1.96. The third kappa shape index (κ3) is 2.71. The number of H-pyrrole nitrogens is 1. The first-order valence-electron chi connectivity index (χ1n) is 4.27. The van der Waals surface area contributed by atoms with E-state index in [4.69, 9.17) is 4.74 Å². The van der Waals surface area contributed by atoms with Crippen LogP contribution in [0.3, 0.4) is 0 Å². The fourth-order valence-electron chi connectivity index (χ4n) is 1.31. The lowest BCUT2D eigenvalue weighted by molar-refractivity contribution is 0.213. The summed E-state index contributed by atoms with van der Waals surface area (Å²) in [6, 6.07) is 1.36. The summed E-state index contributed by atoms with van der Waals surface area (Å²) in [5.41, 5.74) is -0.184. The van der Waals surface area contributed by atoms with Crippen LogP contribution in [0.25, 0.3) is 0 Å². The highest BCUT2D eigenvalue weighted by Crippen LogP contribution is 2.08. The molecule has 1 atom stereocenters. The highest BCUT2D eigenvalue weighted by atomic mass is 35.5. The quantitative estimate of drug-likeness (QED) is 0.728. The first-order chi connectivity index (χ1) is 6.34. The number of aromatic nitrogens is 2. The van der Waals surface area contributed by atoms with E-state index in [0.717, 1.165) is 19.5 Å². The number of ether oxygens (including phenoxy) is 1. The Morgan fingerprint density at radius 3 is 3.07 bits per heavy atom. The van der Waals surface area contributed by atoms with E-state index in [1.807, 2.05) is 0 Å². The Labute approximate surface area is 87.3 Å². The standard InChI is InChI=1S/C8H11N3O2.ClH/c12-7-3-8(11-5-10-7)13-6-1-2-9-4-6;/h3,5-6,9H,1-2,4H2,(H,10,11,12);1H. The fraction of sp³-hybridized carbons (Fsp3) is 0.500. The average Bonchev–Trinajstić information content (AvgIpc) is 2.57. The largest absolute Gasteiger partial charge is 0.473 e. The minimum Gasteiger partial charge on any atom is -0.473 e. The van der Waals surface area contributed by atoms with Crippen molar-refractivity contribution in [3.8, 4) is 5.88 Å². The van der Waals surface area contributed by atoms with E-state index in [2.05, 4.69) is 15.3 Å². The predicted molar refractivity (Wildman–Crippen MR) is 54.0 cm³/mol. The Hall–Kier alpha value is -1.07. The Morgan fingerprint density at radius 1 is 1.57 bits per heavy atom. The molecule has 0 radical (unpaired) electrons. The van der Waals surface area contributed by atoms with Gasteiger partial charge < -0.3 is 15.0 Å². The zero-order chi connectivity index (χ0) is 9.10. The van der Waals surface area contributed by atoms with Gasteiger partial charge in [-0.1, -0.05) is 0 Å². The Bertz CT molecular complexity index is 335. The first-order valence-corrected chi connectivity index (χ1v) is 4.27. The van der Waals surface area contributed by atoms with Crippen molar-refractivity contribution in [2.24, 2.45) is 0 Å². The second kappa shape index (κ2) is 4.97. The number of rotatable bonds is 2. The summed E-state index contributed by atoms with van der Waals surface area (Å²) in [5.74, 6) is 0.400. The molecular formula is C8H12ClN3O2. The van der Waals surface area contributed by atoms with Gasteiger partial charge in [-0.3, -0.25) is 4.79 Å². The van der Waals surface area contributed by atoms with Gasteiger partial charge in [0.25, 0.3) is 5.56 Å². The van der Waals surface area contributed by atoms with Crippen LogP contribution in [0.1, 0.15) is 6.42 Å². The minimum atomic E-state index is -0.184. The predicted octanol–water partition coefficient (Wildman–Crippen LogP) is -0.0676. The molecule has 1 saturated heterocycles. The van der Waals surface area contributed by atoms with Gasteiger partial charge in [-0.15, -0.1) is 12.4 Å². The molecule has 1 aliphatic heterocycles. The van der Waals surface area contributed by atoms with E-state index < -0.39 is 0 Å². The van der Waals surface area contributed by atoms with Gasteiger partial charge in [-0.2, -0.15) is 0 Å². The van der Waals surface area contributed by atoms with E-state index >= 15 is 0 Å². The zero-order valence-electron chi connectivity index (χ0n) is 7.53. The summed E-state index contributed by atoms with van der Waals surface area (Å²) in [7, 11) is 0. The number of hydrogen-bond donors (Lipinski definition) is 2. The Balaban J connectivity index is 0.000000980. The average molecular weight is 218 g/mol. The number of nitrogens with zero attached hydrogens (tertiary/aromatic N) is 1. The highest BCUT2D eigenvalue weighted by molar-refractivity contribution is 5.85. The summed E-state index contributed by atoms with van der Waals surface area (Å²) in [4.78, 5) is 17.2. The van der Waals surface area contributed by atoms with Crippen LogP contribution in [-0.4, -0.2) is 29.2 Å². The molecule has 0 bridgehead atoms. The minimum absolute atomic E-state index is 0. The molecule has 2 N–H and O–H groups in total. The topological polar surface area (TPSA) is 67.0 Å². The normalized spacial score (nSPS) is 20.1. The van der Waals surface area contributed by atoms with Gasteiger partial charge in [0.05, 0.1) is 12.4 Å². The van der Waals surface area contributed by atoms with E-state index in [1.54, 1.807) is 0 Å². The molecule has 2 rings (SSSR count). The van der Waals surface area contributed by atoms with Gasteiger partial charge in [-0.25, -0.2) is 4.98 Å². The number of halogens is 1. The maximum Gasteiger partial charge on any atom is 0.254 e. The van der Waals surface area contributed by atoms with Gasteiger partial charge in [0, 0.05) is 6.54 Å². The number of nitrogens with one attached hydrogen (secondary N) is 2. The Kier molecular flexibility index (Phi) is 3.91. The van der Waals surface area contributed by atoms with E-state index in [0.29, 0.717) is 5.88 Å². The smallest absolute Gasteiger partial charge is 0.254 e. The Morgan fingerprint density at radius 2 is 2.43 bits per heavy atom. The molecule has 1 aliphatic rings. The van der Waals surface area contributed by atoms with Crippen molar-refractivity contribution in [3.05, 3.63) is 22.7 Å². The second-order valence-electron chi connectivity index (χ2n) is 2.98. The van der Waals surface area contributed by atoms with Crippen LogP contribution in [0, 0.1) is 0 Å². The molecule has 1 unspecified atom stereocenters.